The summed E-state index contributed by atoms with van der Waals surface area (Å²) in [6, 6.07) is 11.5. The van der Waals surface area contributed by atoms with Gasteiger partial charge >= 0.3 is 0 Å². The Kier molecular flexibility index (Phi) is 4.92. The molecule has 1 aliphatic carbocycles. The van der Waals surface area contributed by atoms with Crippen molar-refractivity contribution in [3.05, 3.63) is 30.3 Å². The molecule has 2 atom stereocenters. The second-order valence-corrected chi connectivity index (χ2v) is 7.89. The second kappa shape index (κ2) is 6.72. The zero-order chi connectivity index (χ0) is 14.7. The van der Waals surface area contributed by atoms with Crippen LogP contribution in [0.25, 0.3) is 0 Å². The van der Waals surface area contributed by atoms with Crippen LogP contribution in [0.5, 0.6) is 0 Å². The highest BCUT2D eigenvalue weighted by molar-refractivity contribution is 7.99. The van der Waals surface area contributed by atoms with E-state index in [2.05, 4.69) is 54.4 Å². The van der Waals surface area contributed by atoms with Gasteiger partial charge < -0.3 is 5.32 Å². The number of nitrogens with one attached hydrogen (secondary N) is 1. The molecular weight excluding hydrogens is 276 g/mol. The molecular formula is C18H28N2S. The normalized spacial score (nSPS) is 30.5. The van der Waals surface area contributed by atoms with Gasteiger partial charge in [0, 0.05) is 41.9 Å². The number of thioether (sulfide) groups is 1. The average Bonchev–Trinajstić information content (AvgIpc) is 3.35. The molecule has 3 rings (SSSR count). The maximum Gasteiger partial charge on any atom is 0.0335 e. The van der Waals surface area contributed by atoms with Gasteiger partial charge in [-0.1, -0.05) is 25.1 Å². The van der Waals surface area contributed by atoms with Crippen LogP contribution in [0.4, 0.5) is 0 Å². The lowest BCUT2D eigenvalue weighted by molar-refractivity contribution is 0.0402. The van der Waals surface area contributed by atoms with Crippen LogP contribution in [0.3, 0.4) is 0 Å². The first-order valence-electron chi connectivity index (χ1n) is 8.38. The van der Waals surface area contributed by atoms with Gasteiger partial charge in [-0.15, -0.1) is 11.8 Å². The molecule has 2 nitrogen and oxygen atoms in total. The molecule has 1 saturated heterocycles. The molecule has 1 aromatic carbocycles. The van der Waals surface area contributed by atoms with Gasteiger partial charge in [-0.05, 0) is 44.2 Å². The Morgan fingerprint density at radius 3 is 2.71 bits per heavy atom. The molecule has 116 valence electrons. The number of hydrogen-bond donors (Lipinski definition) is 1. The van der Waals surface area contributed by atoms with Crippen molar-refractivity contribution >= 4 is 11.8 Å². The van der Waals surface area contributed by atoms with Crippen molar-refractivity contribution in [2.24, 2.45) is 5.92 Å². The summed E-state index contributed by atoms with van der Waals surface area (Å²) in [4.78, 5) is 4.18. The van der Waals surface area contributed by atoms with Gasteiger partial charge in [0.05, 0.1) is 0 Å². The number of benzene rings is 1. The van der Waals surface area contributed by atoms with Crippen molar-refractivity contribution < 1.29 is 0 Å². The quantitative estimate of drug-likeness (QED) is 0.808. The van der Waals surface area contributed by atoms with Crippen molar-refractivity contribution in [3.8, 4) is 0 Å². The highest BCUT2D eigenvalue weighted by Gasteiger charge is 2.47. The van der Waals surface area contributed by atoms with Gasteiger partial charge in [-0.2, -0.15) is 0 Å². The van der Waals surface area contributed by atoms with E-state index in [9.17, 15) is 0 Å². The zero-order valence-corrected chi connectivity index (χ0v) is 14.2. The average molecular weight is 305 g/mol. The predicted octanol–water partition coefficient (Wildman–Crippen LogP) is 3.63. The first kappa shape index (κ1) is 15.4. The van der Waals surface area contributed by atoms with Crippen LogP contribution in [0, 0.1) is 5.92 Å². The summed E-state index contributed by atoms with van der Waals surface area (Å²) >= 11 is 1.99. The fourth-order valence-corrected chi connectivity index (χ4v) is 4.42. The molecule has 21 heavy (non-hydrogen) atoms. The van der Waals surface area contributed by atoms with E-state index in [1.165, 1.54) is 49.5 Å². The number of nitrogens with zero attached hydrogens (tertiary/aromatic N) is 1. The van der Waals surface area contributed by atoms with E-state index < -0.39 is 0 Å². The Morgan fingerprint density at radius 2 is 2.05 bits per heavy atom. The summed E-state index contributed by atoms with van der Waals surface area (Å²) in [5.74, 6) is 2.12. The van der Waals surface area contributed by atoms with E-state index in [0.29, 0.717) is 11.6 Å². The Balaban J connectivity index is 1.57. The maximum absolute atomic E-state index is 3.77. The molecule has 0 radical (unpaired) electrons. The lowest BCUT2D eigenvalue weighted by Crippen LogP contribution is -2.64. The van der Waals surface area contributed by atoms with Crippen molar-refractivity contribution in [1.29, 1.82) is 0 Å². The van der Waals surface area contributed by atoms with E-state index in [4.69, 9.17) is 0 Å². The maximum atomic E-state index is 3.77. The third-order valence-corrected chi connectivity index (χ3v) is 6.23. The number of piperazine rings is 1. The molecule has 2 fully saturated rings. The Morgan fingerprint density at radius 1 is 1.29 bits per heavy atom. The van der Waals surface area contributed by atoms with Gasteiger partial charge in [0.15, 0.2) is 0 Å². The summed E-state index contributed by atoms with van der Waals surface area (Å²) in [6.45, 7) is 8.39. The van der Waals surface area contributed by atoms with Crippen LogP contribution in [0.1, 0.15) is 33.1 Å². The fraction of sp³-hybridized carbons (Fsp3) is 0.667. The minimum Gasteiger partial charge on any atom is -0.311 e. The molecule has 3 heteroatoms. The second-order valence-electron chi connectivity index (χ2n) is 6.73. The van der Waals surface area contributed by atoms with Gasteiger partial charge in [0.2, 0.25) is 0 Å². The van der Waals surface area contributed by atoms with Gasteiger partial charge in [-0.3, -0.25) is 4.90 Å². The standard InChI is InChI=1S/C18H28N2S/c1-3-16-13-20(18(2,14-19-16)15-9-10-15)11-12-21-17-7-5-4-6-8-17/h4-8,15-16,19H,3,9-14H2,1-2H3. The molecule has 1 N–H and O–H groups in total. The van der Waals surface area contributed by atoms with Crippen LogP contribution < -0.4 is 5.32 Å². The molecule has 1 saturated carbocycles. The van der Waals surface area contributed by atoms with Crippen LogP contribution >= 0.6 is 11.8 Å². The molecule has 0 aromatic heterocycles. The lowest BCUT2D eigenvalue weighted by atomic mass is 9.89. The first-order chi connectivity index (χ1) is 10.2. The summed E-state index contributed by atoms with van der Waals surface area (Å²) in [5, 5.41) is 3.77. The topological polar surface area (TPSA) is 15.3 Å². The third-order valence-electron chi connectivity index (χ3n) is 5.23. The fourth-order valence-electron chi connectivity index (χ4n) is 3.52. The Labute approximate surface area is 133 Å². The van der Waals surface area contributed by atoms with E-state index >= 15 is 0 Å². The van der Waals surface area contributed by atoms with E-state index in [-0.39, 0.29) is 0 Å². The van der Waals surface area contributed by atoms with E-state index in [1.807, 2.05) is 11.8 Å². The number of rotatable bonds is 6. The molecule has 1 aromatic rings. The summed E-state index contributed by atoms with van der Waals surface area (Å²) in [7, 11) is 0. The minimum atomic E-state index is 0.392. The number of hydrogen-bond acceptors (Lipinski definition) is 3. The largest absolute Gasteiger partial charge is 0.311 e. The van der Waals surface area contributed by atoms with Crippen LogP contribution in [0.15, 0.2) is 35.2 Å². The van der Waals surface area contributed by atoms with E-state index in [1.54, 1.807) is 0 Å². The lowest BCUT2D eigenvalue weighted by Gasteiger charge is -2.48. The zero-order valence-electron chi connectivity index (χ0n) is 13.3. The van der Waals surface area contributed by atoms with Crippen LogP contribution in [-0.4, -0.2) is 41.9 Å². The molecule has 2 unspecified atom stereocenters. The Hall–Kier alpha value is -0.510. The summed E-state index contributed by atoms with van der Waals surface area (Å²) < 4.78 is 0. The molecule has 1 heterocycles. The van der Waals surface area contributed by atoms with Gasteiger partial charge in [0.1, 0.15) is 0 Å². The smallest absolute Gasteiger partial charge is 0.0335 e. The molecule has 0 amide bonds. The third kappa shape index (κ3) is 3.64. The van der Waals surface area contributed by atoms with Crippen LogP contribution in [-0.2, 0) is 0 Å². The van der Waals surface area contributed by atoms with Crippen LogP contribution in [0.2, 0.25) is 0 Å². The SMILES string of the molecule is CCC1CN(CCSc2ccccc2)C(C)(C2CC2)CN1. The van der Waals surface area contributed by atoms with Crippen molar-refractivity contribution in [1.82, 2.24) is 10.2 Å². The molecule has 1 aliphatic heterocycles. The molecule has 2 aliphatic rings. The van der Waals surface area contributed by atoms with Crippen molar-refractivity contribution in [2.75, 3.05) is 25.4 Å². The highest BCUT2D eigenvalue weighted by atomic mass is 32.2. The monoisotopic (exact) mass is 304 g/mol. The predicted molar refractivity (Wildman–Crippen MR) is 91.9 cm³/mol. The summed E-state index contributed by atoms with van der Waals surface area (Å²) in [6.07, 6.45) is 4.09. The first-order valence-corrected chi connectivity index (χ1v) is 9.37. The molecule has 0 spiro atoms. The minimum absolute atomic E-state index is 0.392. The summed E-state index contributed by atoms with van der Waals surface area (Å²) in [5.41, 5.74) is 0.392. The van der Waals surface area contributed by atoms with Crippen molar-refractivity contribution in [3.63, 3.8) is 0 Å². The molecule has 0 bridgehead atoms. The van der Waals surface area contributed by atoms with E-state index in [0.717, 1.165) is 5.92 Å². The van der Waals surface area contributed by atoms with Crippen molar-refractivity contribution in [2.45, 2.75) is 49.6 Å². The highest BCUT2D eigenvalue weighted by Crippen LogP contribution is 2.44. The van der Waals surface area contributed by atoms with Gasteiger partial charge in [0.25, 0.3) is 0 Å². The Bertz CT molecular complexity index is 446. The van der Waals surface area contributed by atoms with Gasteiger partial charge in [-0.25, -0.2) is 0 Å².